The molecule has 2 bridgehead atoms. The molecule has 0 saturated carbocycles. The van der Waals surface area contributed by atoms with Gasteiger partial charge in [0.2, 0.25) is 0 Å². The third kappa shape index (κ3) is 2.08. The van der Waals surface area contributed by atoms with Crippen molar-refractivity contribution >= 4 is 11.4 Å². The normalized spacial score (nSPS) is 28.7. The van der Waals surface area contributed by atoms with Gasteiger partial charge >= 0.3 is 0 Å². The van der Waals surface area contributed by atoms with Gasteiger partial charge in [0.25, 0.3) is 5.91 Å². The first-order valence-corrected chi connectivity index (χ1v) is 7.23. The highest BCUT2D eigenvalue weighted by Gasteiger charge is 2.32. The number of hydrogen-bond acceptors (Lipinski definition) is 3. The second kappa shape index (κ2) is 4.59. The number of hydrogen-bond donors (Lipinski definition) is 1. The van der Waals surface area contributed by atoms with Gasteiger partial charge in [0, 0.05) is 25.3 Å². The van der Waals surface area contributed by atoms with Gasteiger partial charge in [-0.1, -0.05) is 0 Å². The van der Waals surface area contributed by atoms with E-state index >= 15 is 0 Å². The van der Waals surface area contributed by atoms with Gasteiger partial charge in [-0.2, -0.15) is 0 Å². The number of carbonyl (C=O) groups excluding carboxylic acids is 1. The molecule has 1 N–H and O–H groups in total. The molecule has 4 heterocycles. The van der Waals surface area contributed by atoms with E-state index in [0.717, 1.165) is 24.4 Å². The van der Waals surface area contributed by atoms with Gasteiger partial charge in [0.1, 0.15) is 0 Å². The van der Waals surface area contributed by atoms with Crippen LogP contribution in [0.2, 0.25) is 0 Å². The average molecular weight is 270 g/mol. The minimum absolute atomic E-state index is 0.0214. The Morgan fingerprint density at radius 1 is 1.35 bits per heavy atom. The van der Waals surface area contributed by atoms with Crippen molar-refractivity contribution in [1.82, 2.24) is 19.6 Å². The van der Waals surface area contributed by atoms with Crippen LogP contribution >= 0.6 is 0 Å². The van der Waals surface area contributed by atoms with E-state index in [9.17, 15) is 4.79 Å². The lowest BCUT2D eigenvalue weighted by molar-refractivity contribution is 0.0909. The maximum absolute atomic E-state index is 12.3. The van der Waals surface area contributed by atoms with Crippen molar-refractivity contribution in [2.75, 3.05) is 19.6 Å². The topological polar surface area (TPSA) is 49.6 Å². The van der Waals surface area contributed by atoms with Crippen molar-refractivity contribution in [2.45, 2.75) is 18.9 Å². The average Bonchev–Trinajstić information content (AvgIpc) is 3.04. The third-order valence-corrected chi connectivity index (χ3v) is 4.47. The number of aromatic nitrogens is 2. The van der Waals surface area contributed by atoms with Crippen LogP contribution in [-0.2, 0) is 0 Å². The lowest BCUT2D eigenvalue weighted by atomic mass is 9.96. The quantitative estimate of drug-likeness (QED) is 0.891. The maximum Gasteiger partial charge on any atom is 0.253 e. The van der Waals surface area contributed by atoms with Crippen molar-refractivity contribution in [2.24, 2.45) is 5.92 Å². The molecule has 0 aromatic carbocycles. The van der Waals surface area contributed by atoms with E-state index in [-0.39, 0.29) is 5.91 Å². The third-order valence-electron chi connectivity index (χ3n) is 4.47. The predicted octanol–water partition coefficient (Wildman–Crippen LogP) is 1.16. The van der Waals surface area contributed by atoms with Gasteiger partial charge in [-0.15, -0.1) is 0 Å². The molecule has 0 radical (unpaired) electrons. The molecule has 2 fully saturated rings. The number of imidazole rings is 1. The molecule has 2 unspecified atom stereocenters. The largest absolute Gasteiger partial charge is 0.348 e. The molecule has 5 nitrogen and oxygen atoms in total. The summed E-state index contributed by atoms with van der Waals surface area (Å²) in [5.41, 5.74) is 1.70. The van der Waals surface area contributed by atoms with E-state index in [4.69, 9.17) is 0 Å². The van der Waals surface area contributed by atoms with E-state index in [1.165, 1.54) is 19.5 Å². The molecule has 0 aliphatic carbocycles. The van der Waals surface area contributed by atoms with Gasteiger partial charge < -0.3 is 14.6 Å². The number of nitrogens with one attached hydrogen (secondary N) is 1. The molecule has 20 heavy (non-hydrogen) atoms. The van der Waals surface area contributed by atoms with Crippen molar-refractivity contribution in [3.63, 3.8) is 0 Å². The number of pyridine rings is 1. The number of carbonyl (C=O) groups is 1. The summed E-state index contributed by atoms with van der Waals surface area (Å²) in [5, 5.41) is 3.18. The highest BCUT2D eigenvalue weighted by molar-refractivity contribution is 5.94. The van der Waals surface area contributed by atoms with Gasteiger partial charge in [-0.05, 0) is 37.4 Å². The number of rotatable bonds is 2. The summed E-state index contributed by atoms with van der Waals surface area (Å²) in [4.78, 5) is 18.9. The van der Waals surface area contributed by atoms with E-state index in [1.54, 1.807) is 12.5 Å². The number of nitrogens with zero attached hydrogens (tertiary/aromatic N) is 3. The molecule has 0 spiro atoms. The summed E-state index contributed by atoms with van der Waals surface area (Å²) in [6, 6.07) is 4.09. The zero-order chi connectivity index (χ0) is 13.5. The molecule has 2 saturated heterocycles. The predicted molar refractivity (Wildman–Crippen MR) is 75.6 cm³/mol. The summed E-state index contributed by atoms with van der Waals surface area (Å²) >= 11 is 0. The first-order chi connectivity index (χ1) is 9.78. The van der Waals surface area contributed by atoms with Crippen LogP contribution in [0, 0.1) is 5.92 Å². The minimum atomic E-state index is 0.0214. The molecule has 5 heteroatoms. The Hall–Kier alpha value is -1.88. The maximum atomic E-state index is 12.3. The van der Waals surface area contributed by atoms with Crippen LogP contribution in [0.15, 0.2) is 30.9 Å². The number of amides is 1. The van der Waals surface area contributed by atoms with Crippen molar-refractivity contribution < 1.29 is 4.79 Å². The first-order valence-electron chi connectivity index (χ1n) is 7.23. The van der Waals surface area contributed by atoms with E-state index in [0.29, 0.717) is 11.6 Å². The van der Waals surface area contributed by atoms with Crippen molar-refractivity contribution in [3.8, 4) is 0 Å². The van der Waals surface area contributed by atoms with Crippen LogP contribution in [0.3, 0.4) is 0 Å². The van der Waals surface area contributed by atoms with Crippen LogP contribution in [0.1, 0.15) is 23.2 Å². The molecule has 2 aromatic heterocycles. The van der Waals surface area contributed by atoms with Crippen molar-refractivity contribution in [3.05, 3.63) is 36.4 Å². The van der Waals surface area contributed by atoms with Crippen LogP contribution in [0.4, 0.5) is 0 Å². The van der Waals surface area contributed by atoms with E-state index in [1.807, 2.05) is 22.7 Å². The lowest BCUT2D eigenvalue weighted by Gasteiger charge is -2.30. The molecule has 2 aliphatic heterocycles. The highest BCUT2D eigenvalue weighted by atomic mass is 16.1. The molecule has 104 valence electrons. The molecule has 2 aromatic rings. The second-order valence-corrected chi connectivity index (χ2v) is 5.96. The molecular formula is C15H18N4O. The Labute approximate surface area is 117 Å². The summed E-state index contributed by atoms with van der Waals surface area (Å²) in [6.45, 7) is 3.40. The Bertz CT molecular complexity index is 638. The van der Waals surface area contributed by atoms with Gasteiger partial charge in [-0.25, -0.2) is 4.98 Å². The van der Waals surface area contributed by atoms with Gasteiger partial charge in [0.05, 0.1) is 23.6 Å². The summed E-state index contributed by atoms with van der Waals surface area (Å²) in [7, 11) is 0. The first kappa shape index (κ1) is 11.9. The Balaban J connectivity index is 1.49. The van der Waals surface area contributed by atoms with Gasteiger partial charge in [0.15, 0.2) is 0 Å². The monoisotopic (exact) mass is 270 g/mol. The molecule has 3 atom stereocenters. The number of piperidine rings is 1. The summed E-state index contributed by atoms with van der Waals surface area (Å²) < 4.78 is 1.88. The summed E-state index contributed by atoms with van der Waals surface area (Å²) in [5.74, 6) is 0.790. The van der Waals surface area contributed by atoms with Crippen LogP contribution in [0.25, 0.3) is 5.52 Å². The highest BCUT2D eigenvalue weighted by Crippen LogP contribution is 2.26. The Morgan fingerprint density at radius 3 is 3.20 bits per heavy atom. The fourth-order valence-electron chi connectivity index (χ4n) is 3.49. The second-order valence-electron chi connectivity index (χ2n) is 5.96. The SMILES string of the molecule is O=C(N[C@@H]1CC2CCN(C2)C1)c1ccc2cncn2c1. The Kier molecular flexibility index (Phi) is 2.73. The van der Waals surface area contributed by atoms with Crippen LogP contribution in [-0.4, -0.2) is 45.9 Å². The minimum Gasteiger partial charge on any atom is -0.348 e. The summed E-state index contributed by atoms with van der Waals surface area (Å²) in [6.07, 6.45) is 7.75. The number of fused-ring (bicyclic) bond motifs is 3. The molecular weight excluding hydrogens is 252 g/mol. The zero-order valence-corrected chi connectivity index (χ0v) is 11.3. The van der Waals surface area contributed by atoms with Crippen LogP contribution < -0.4 is 5.32 Å². The Morgan fingerprint density at radius 2 is 2.30 bits per heavy atom. The van der Waals surface area contributed by atoms with E-state index in [2.05, 4.69) is 15.2 Å². The fraction of sp³-hybridized carbons (Fsp3) is 0.467. The van der Waals surface area contributed by atoms with Crippen LogP contribution in [0.5, 0.6) is 0 Å². The zero-order valence-electron chi connectivity index (χ0n) is 11.3. The lowest BCUT2D eigenvalue weighted by Crippen LogP contribution is -2.47. The van der Waals surface area contributed by atoms with E-state index < -0.39 is 0 Å². The molecule has 4 rings (SSSR count). The molecule has 1 amide bonds. The van der Waals surface area contributed by atoms with Gasteiger partial charge in [-0.3, -0.25) is 4.79 Å². The smallest absolute Gasteiger partial charge is 0.253 e. The fourth-order valence-corrected chi connectivity index (χ4v) is 3.49. The molecule has 2 aliphatic rings. The standard InChI is InChI=1S/C15H18N4O/c20-15(12-1-2-14-6-16-10-19(14)8-12)17-13-5-11-3-4-18(7-11)9-13/h1-2,6,8,10-11,13H,3-5,7,9H2,(H,17,20)/t11?,13-/m1/s1. The van der Waals surface area contributed by atoms with Crippen molar-refractivity contribution in [1.29, 1.82) is 0 Å².